The zero-order valence-corrected chi connectivity index (χ0v) is 54.8. The second kappa shape index (κ2) is 60.8. The van der Waals surface area contributed by atoms with Crippen LogP contribution >= 0.6 is 7.82 Å². The molecule has 10 heteroatoms. The first-order chi connectivity index (χ1) is 39.9. The fourth-order valence-electron chi connectivity index (χ4n) is 9.27. The van der Waals surface area contributed by atoms with Crippen molar-refractivity contribution in [1.29, 1.82) is 0 Å². The summed E-state index contributed by atoms with van der Waals surface area (Å²) in [5, 5.41) is 3.06. The van der Waals surface area contributed by atoms with E-state index in [1.807, 2.05) is 33.3 Å². The highest BCUT2D eigenvalue weighted by molar-refractivity contribution is 7.47. The van der Waals surface area contributed by atoms with Crippen LogP contribution in [0.25, 0.3) is 0 Å². The highest BCUT2D eigenvalue weighted by Crippen LogP contribution is 2.43. The SMILES string of the molecule is CC/C=C\C/C=C\C/C=C\C/C=C\C/C=C\CCCCCCCC(=O)OC(/C=C/CCCCCCCCCCCC)C(COP(=O)(O)OCC[N+](C)(C)C)NC(=O)CCCCCCCCCCCC/C=C\C/C=C\C/C=C\CCCCC. The van der Waals surface area contributed by atoms with Gasteiger partial charge in [0.2, 0.25) is 5.91 Å². The molecule has 472 valence electrons. The average Bonchev–Trinajstić information content (AvgIpc) is 3.44. The summed E-state index contributed by atoms with van der Waals surface area (Å²) in [6.45, 7) is 6.86. The maximum atomic E-state index is 13.6. The lowest BCUT2D eigenvalue weighted by atomic mass is 10.0. The number of rotatable bonds is 60. The van der Waals surface area contributed by atoms with E-state index in [4.69, 9.17) is 13.8 Å². The number of quaternary nitrogens is 1. The summed E-state index contributed by atoms with van der Waals surface area (Å²) in [4.78, 5) is 37.8. The first-order valence-corrected chi connectivity index (χ1v) is 35.2. The van der Waals surface area contributed by atoms with E-state index in [-0.39, 0.29) is 31.5 Å². The topological polar surface area (TPSA) is 111 Å². The molecule has 0 aliphatic carbocycles. The van der Waals surface area contributed by atoms with Crippen molar-refractivity contribution in [3.8, 4) is 0 Å². The number of hydrogen-bond acceptors (Lipinski definition) is 6. The molecule has 0 fully saturated rings. The van der Waals surface area contributed by atoms with Gasteiger partial charge in [-0.3, -0.25) is 18.6 Å². The van der Waals surface area contributed by atoms with Gasteiger partial charge < -0.3 is 19.4 Å². The summed E-state index contributed by atoms with van der Waals surface area (Å²) in [7, 11) is 1.47. The molecule has 0 aliphatic heterocycles. The lowest BCUT2D eigenvalue weighted by Gasteiger charge is -2.27. The van der Waals surface area contributed by atoms with Gasteiger partial charge in [-0.15, -0.1) is 0 Å². The number of likely N-dealkylation sites (N-methyl/N-ethyl adjacent to an activating group) is 1. The molecule has 82 heavy (non-hydrogen) atoms. The second-order valence-electron chi connectivity index (χ2n) is 23.6. The smallest absolute Gasteiger partial charge is 0.456 e. The van der Waals surface area contributed by atoms with Crippen LogP contribution in [0.3, 0.4) is 0 Å². The van der Waals surface area contributed by atoms with Crippen molar-refractivity contribution in [2.75, 3.05) is 40.9 Å². The zero-order chi connectivity index (χ0) is 60.0. The van der Waals surface area contributed by atoms with E-state index in [1.165, 1.54) is 116 Å². The molecular weight excluding hydrogens is 1040 g/mol. The van der Waals surface area contributed by atoms with E-state index in [2.05, 4.69) is 123 Å². The molecule has 0 rings (SSSR count). The molecule has 1 amide bonds. The van der Waals surface area contributed by atoms with E-state index in [0.29, 0.717) is 23.9 Å². The summed E-state index contributed by atoms with van der Waals surface area (Å²) >= 11 is 0. The molecule has 0 aromatic heterocycles. The van der Waals surface area contributed by atoms with Gasteiger partial charge in [-0.25, -0.2) is 4.57 Å². The second-order valence-corrected chi connectivity index (χ2v) is 25.1. The molecule has 0 bridgehead atoms. The number of amides is 1. The number of nitrogens with zero attached hydrogens (tertiary/aromatic N) is 1. The molecule has 9 nitrogen and oxygen atoms in total. The van der Waals surface area contributed by atoms with E-state index >= 15 is 0 Å². The first-order valence-electron chi connectivity index (χ1n) is 33.7. The number of nitrogens with one attached hydrogen (secondary N) is 1. The van der Waals surface area contributed by atoms with Crippen LogP contribution in [0.5, 0.6) is 0 Å². The Kier molecular flexibility index (Phi) is 58.3. The quantitative estimate of drug-likeness (QED) is 0.0205. The van der Waals surface area contributed by atoms with Crippen molar-refractivity contribution in [1.82, 2.24) is 5.32 Å². The first kappa shape index (κ1) is 78.7. The molecule has 0 aliphatic rings. The standard InChI is InChI=1S/C72H127N2O7P/c1-7-10-13-16-19-22-25-28-30-32-34-36-37-39-40-42-44-46-49-52-55-58-61-64-71(75)73-69(68-80-82(77,78)79-67-66-74(4,5)6)70(63-60-57-54-51-48-27-24-21-18-15-12-9-3)81-72(76)65-62-59-56-53-50-47-45-43-41-38-35-33-31-29-26-23-20-17-14-11-8-2/h11,14,19-20,22-23,28-31,34-36,38,43,45,60,63,69-70H,7-10,12-13,15-18,21,24-27,32-33,37,39-42,44,46-59,61-62,64-68H2,1-6H3,(H-,73,75,77,78)/p+1/b14-11-,22-19-,23-20-,30-28-,31-29-,36-34-,38-35-,45-43-,63-60+. The molecule has 3 unspecified atom stereocenters. The minimum Gasteiger partial charge on any atom is -0.456 e. The summed E-state index contributed by atoms with van der Waals surface area (Å²) in [6, 6.07) is -0.866. The largest absolute Gasteiger partial charge is 0.472 e. The zero-order valence-electron chi connectivity index (χ0n) is 54.0. The Morgan fingerprint density at radius 3 is 1.20 bits per heavy atom. The lowest BCUT2D eigenvalue weighted by Crippen LogP contribution is -2.47. The highest BCUT2D eigenvalue weighted by atomic mass is 31.2. The number of carbonyl (C=O) groups is 2. The number of hydrogen-bond donors (Lipinski definition) is 2. The Morgan fingerprint density at radius 1 is 0.439 bits per heavy atom. The summed E-state index contributed by atoms with van der Waals surface area (Å²) in [5.41, 5.74) is 0. The Morgan fingerprint density at radius 2 is 0.780 bits per heavy atom. The number of allylic oxidation sites excluding steroid dienone is 17. The Hall–Kier alpha value is -3.33. The molecule has 0 heterocycles. The van der Waals surface area contributed by atoms with Crippen LogP contribution in [-0.2, 0) is 27.9 Å². The van der Waals surface area contributed by atoms with E-state index in [9.17, 15) is 19.0 Å². The molecule has 0 spiro atoms. The Labute approximate surface area is 506 Å². The normalized spacial score (nSPS) is 14.3. The fourth-order valence-corrected chi connectivity index (χ4v) is 10.0. The van der Waals surface area contributed by atoms with Crippen molar-refractivity contribution >= 4 is 19.7 Å². The van der Waals surface area contributed by atoms with Crippen LogP contribution in [0.2, 0.25) is 0 Å². The third-order valence-electron chi connectivity index (χ3n) is 14.4. The van der Waals surface area contributed by atoms with Gasteiger partial charge in [0.15, 0.2) is 0 Å². The van der Waals surface area contributed by atoms with Crippen LogP contribution in [-0.4, -0.2) is 74.3 Å². The third kappa shape index (κ3) is 61.2. The van der Waals surface area contributed by atoms with E-state index in [1.54, 1.807) is 0 Å². The van der Waals surface area contributed by atoms with Crippen LogP contribution in [0, 0.1) is 0 Å². The van der Waals surface area contributed by atoms with Crippen LogP contribution in [0.4, 0.5) is 0 Å². The van der Waals surface area contributed by atoms with E-state index in [0.717, 1.165) is 128 Å². The van der Waals surface area contributed by atoms with Crippen molar-refractivity contribution < 1.29 is 37.3 Å². The van der Waals surface area contributed by atoms with Crippen molar-refractivity contribution in [3.63, 3.8) is 0 Å². The number of unbranched alkanes of at least 4 members (excludes halogenated alkanes) is 28. The van der Waals surface area contributed by atoms with Crippen LogP contribution in [0.15, 0.2) is 109 Å². The molecule has 0 radical (unpaired) electrons. The molecule has 2 N–H and O–H groups in total. The predicted octanol–water partition coefficient (Wildman–Crippen LogP) is 21.3. The molecule has 0 aromatic rings. The Bertz CT molecular complexity index is 1770. The van der Waals surface area contributed by atoms with Gasteiger partial charge in [0.25, 0.3) is 0 Å². The highest BCUT2D eigenvalue weighted by Gasteiger charge is 2.30. The van der Waals surface area contributed by atoms with Gasteiger partial charge >= 0.3 is 13.8 Å². The summed E-state index contributed by atoms with van der Waals surface area (Å²) < 4.78 is 30.8. The molecule has 0 saturated carbocycles. The van der Waals surface area contributed by atoms with Crippen LogP contribution < -0.4 is 5.32 Å². The number of carbonyl (C=O) groups excluding carboxylic acids is 2. The monoisotopic (exact) mass is 1160 g/mol. The maximum Gasteiger partial charge on any atom is 0.472 e. The van der Waals surface area contributed by atoms with Crippen molar-refractivity contribution in [2.24, 2.45) is 0 Å². The van der Waals surface area contributed by atoms with Gasteiger partial charge in [0.1, 0.15) is 19.3 Å². The van der Waals surface area contributed by atoms with Crippen LogP contribution in [0.1, 0.15) is 284 Å². The summed E-state index contributed by atoms with van der Waals surface area (Å²) in [5.74, 6) is -0.533. The van der Waals surface area contributed by atoms with Crippen molar-refractivity contribution in [3.05, 3.63) is 109 Å². The van der Waals surface area contributed by atoms with Gasteiger partial charge in [-0.1, -0.05) is 265 Å². The van der Waals surface area contributed by atoms with Gasteiger partial charge in [0, 0.05) is 12.8 Å². The van der Waals surface area contributed by atoms with Gasteiger partial charge in [-0.05, 0) is 115 Å². The van der Waals surface area contributed by atoms with E-state index < -0.39 is 20.0 Å². The predicted molar refractivity (Wildman–Crippen MR) is 355 cm³/mol. The molecule has 3 atom stereocenters. The maximum absolute atomic E-state index is 13.6. The van der Waals surface area contributed by atoms with Crippen molar-refractivity contribution in [2.45, 2.75) is 296 Å². The number of ether oxygens (including phenoxy) is 1. The number of esters is 1. The lowest BCUT2D eigenvalue weighted by molar-refractivity contribution is -0.870. The molecule has 0 aromatic carbocycles. The molecular formula is C72H128N2O7P+. The molecule has 0 saturated heterocycles. The minimum absolute atomic E-state index is 0.0309. The van der Waals surface area contributed by atoms with Gasteiger partial charge in [-0.2, -0.15) is 0 Å². The average molecular weight is 1160 g/mol. The Balaban J connectivity index is 5.20. The fraction of sp³-hybridized carbons (Fsp3) is 0.722. The number of phosphoric acid groups is 1. The third-order valence-corrected chi connectivity index (χ3v) is 15.4. The number of phosphoric ester groups is 1. The minimum atomic E-state index is -4.46. The van der Waals surface area contributed by atoms with Gasteiger partial charge in [0.05, 0.1) is 33.8 Å². The summed E-state index contributed by atoms with van der Waals surface area (Å²) in [6.07, 6.45) is 83.7.